The van der Waals surface area contributed by atoms with E-state index in [1.807, 2.05) is 11.4 Å². The maximum Gasteiger partial charge on any atom is 0.203 e. The first-order valence-electron chi connectivity index (χ1n) is 4.62. The molecule has 86 valence electrons. The van der Waals surface area contributed by atoms with Crippen LogP contribution in [-0.2, 0) is 22.6 Å². The Morgan fingerprint density at radius 2 is 2.12 bits per heavy atom. The maximum absolute atomic E-state index is 12.0. The van der Waals surface area contributed by atoms with Crippen molar-refractivity contribution in [3.8, 4) is 0 Å². The van der Waals surface area contributed by atoms with Gasteiger partial charge in [-0.15, -0.1) is 11.3 Å². The summed E-state index contributed by atoms with van der Waals surface area (Å²) >= 11 is 1.34. The van der Waals surface area contributed by atoms with Gasteiger partial charge < -0.3 is 4.57 Å². The van der Waals surface area contributed by atoms with Gasteiger partial charge in [-0.3, -0.25) is 4.79 Å². The second-order valence-electron chi connectivity index (χ2n) is 3.80. The Labute approximate surface area is 97.1 Å². The van der Waals surface area contributed by atoms with Crippen molar-refractivity contribution in [3.05, 3.63) is 33.4 Å². The molecule has 0 aliphatic rings. The minimum absolute atomic E-state index is 0.173. The number of thiophene rings is 1. The molecule has 0 atom stereocenters. The van der Waals surface area contributed by atoms with Gasteiger partial charge in [0.15, 0.2) is 9.84 Å². The van der Waals surface area contributed by atoms with Crippen LogP contribution in [0.3, 0.4) is 0 Å². The third-order valence-corrected chi connectivity index (χ3v) is 4.03. The van der Waals surface area contributed by atoms with E-state index in [0.717, 1.165) is 11.8 Å². The molecule has 2 aromatic heterocycles. The monoisotopic (exact) mass is 257 g/mol. The van der Waals surface area contributed by atoms with E-state index < -0.39 is 9.84 Å². The van der Waals surface area contributed by atoms with Gasteiger partial charge in [0.25, 0.3) is 0 Å². The Kier molecular flexibility index (Phi) is 2.63. The number of pyridine rings is 1. The van der Waals surface area contributed by atoms with Crippen LogP contribution in [0.1, 0.15) is 5.56 Å². The zero-order valence-corrected chi connectivity index (χ0v) is 10.6. The first-order valence-corrected chi connectivity index (χ1v) is 7.56. The standard InChI is InChI=1S/C10H11NO3S2/c1-11-5-7(6-16(2,13)14)9(12)10-8(11)3-4-15-10/h3-5H,6H2,1-2H3. The lowest BCUT2D eigenvalue weighted by atomic mass is 10.3. The van der Waals surface area contributed by atoms with Crippen LogP contribution in [0.4, 0.5) is 0 Å². The molecule has 2 rings (SSSR count). The van der Waals surface area contributed by atoms with Gasteiger partial charge in [-0.25, -0.2) is 8.42 Å². The zero-order chi connectivity index (χ0) is 11.9. The van der Waals surface area contributed by atoms with Crippen molar-refractivity contribution >= 4 is 31.4 Å². The highest BCUT2D eigenvalue weighted by atomic mass is 32.2. The summed E-state index contributed by atoms with van der Waals surface area (Å²) in [6, 6.07) is 1.85. The number of aromatic nitrogens is 1. The summed E-state index contributed by atoms with van der Waals surface area (Å²) in [6.07, 6.45) is 2.73. The summed E-state index contributed by atoms with van der Waals surface area (Å²) in [7, 11) is -1.37. The SMILES string of the molecule is Cn1cc(CS(C)(=O)=O)c(=O)c2sccc21. The first kappa shape index (κ1) is 11.3. The number of fused-ring (bicyclic) bond motifs is 1. The van der Waals surface area contributed by atoms with Crippen molar-refractivity contribution in [2.75, 3.05) is 6.26 Å². The first-order chi connectivity index (χ1) is 7.38. The minimum atomic E-state index is -3.18. The number of aryl methyl sites for hydroxylation is 1. The molecule has 0 aliphatic carbocycles. The molecule has 2 heterocycles. The Bertz CT molecular complexity index is 694. The average molecular weight is 257 g/mol. The largest absolute Gasteiger partial charge is 0.349 e. The van der Waals surface area contributed by atoms with E-state index in [1.165, 1.54) is 11.3 Å². The Morgan fingerprint density at radius 3 is 2.75 bits per heavy atom. The molecule has 0 unspecified atom stereocenters. The van der Waals surface area contributed by atoms with E-state index >= 15 is 0 Å². The number of nitrogens with zero attached hydrogens (tertiary/aromatic N) is 1. The van der Waals surface area contributed by atoms with Gasteiger partial charge in [-0.2, -0.15) is 0 Å². The summed E-state index contributed by atoms with van der Waals surface area (Å²) in [4.78, 5) is 12.0. The molecule has 6 heteroatoms. The maximum atomic E-state index is 12.0. The fraction of sp³-hybridized carbons (Fsp3) is 0.300. The van der Waals surface area contributed by atoms with Gasteiger partial charge in [-0.1, -0.05) is 0 Å². The lowest BCUT2D eigenvalue weighted by Crippen LogP contribution is -2.15. The number of rotatable bonds is 2. The molecule has 0 N–H and O–H groups in total. The minimum Gasteiger partial charge on any atom is -0.349 e. The van der Waals surface area contributed by atoms with Crippen LogP contribution in [0.15, 0.2) is 22.4 Å². The Morgan fingerprint density at radius 1 is 1.44 bits per heavy atom. The highest BCUT2D eigenvalue weighted by Crippen LogP contribution is 2.17. The van der Waals surface area contributed by atoms with Crippen molar-refractivity contribution in [2.45, 2.75) is 5.75 Å². The van der Waals surface area contributed by atoms with Crippen LogP contribution in [0, 0.1) is 0 Å². The normalized spacial score (nSPS) is 12.1. The predicted octanol–water partition coefficient (Wildman–Crippen LogP) is 1.14. The van der Waals surface area contributed by atoms with Crippen LogP contribution < -0.4 is 5.43 Å². The van der Waals surface area contributed by atoms with Gasteiger partial charge in [0, 0.05) is 25.1 Å². The second kappa shape index (κ2) is 3.71. The predicted molar refractivity (Wildman–Crippen MR) is 65.6 cm³/mol. The lowest BCUT2D eigenvalue weighted by Gasteiger charge is -2.04. The van der Waals surface area contributed by atoms with Crippen LogP contribution in [0.5, 0.6) is 0 Å². The van der Waals surface area contributed by atoms with Gasteiger partial charge in [0.05, 0.1) is 16.0 Å². The zero-order valence-electron chi connectivity index (χ0n) is 8.93. The summed E-state index contributed by atoms with van der Waals surface area (Å²) in [6.45, 7) is 0. The molecule has 0 aliphatic heterocycles. The van der Waals surface area contributed by atoms with Crippen molar-refractivity contribution in [2.24, 2.45) is 7.05 Å². The number of hydrogen-bond donors (Lipinski definition) is 0. The van der Waals surface area contributed by atoms with Crippen LogP contribution in [0.2, 0.25) is 0 Å². The summed E-state index contributed by atoms with van der Waals surface area (Å²) in [5, 5.41) is 1.83. The van der Waals surface area contributed by atoms with Gasteiger partial charge in [0.1, 0.15) is 0 Å². The quantitative estimate of drug-likeness (QED) is 0.810. The van der Waals surface area contributed by atoms with Crippen LogP contribution in [0.25, 0.3) is 10.2 Å². The van der Waals surface area contributed by atoms with Gasteiger partial charge in [0.2, 0.25) is 5.43 Å². The topological polar surface area (TPSA) is 56.1 Å². The van der Waals surface area contributed by atoms with E-state index in [2.05, 4.69) is 0 Å². The van der Waals surface area contributed by atoms with Crippen molar-refractivity contribution < 1.29 is 8.42 Å². The van der Waals surface area contributed by atoms with E-state index in [0.29, 0.717) is 10.3 Å². The molecule has 0 aromatic carbocycles. The molecule has 2 aromatic rings. The fourth-order valence-corrected chi connectivity index (χ4v) is 3.32. The summed E-state index contributed by atoms with van der Waals surface area (Å²) < 4.78 is 24.8. The molecule has 16 heavy (non-hydrogen) atoms. The van der Waals surface area contributed by atoms with Crippen LogP contribution >= 0.6 is 11.3 Å². The second-order valence-corrected chi connectivity index (χ2v) is 6.86. The molecular weight excluding hydrogens is 246 g/mol. The van der Waals surface area contributed by atoms with Crippen molar-refractivity contribution in [1.29, 1.82) is 0 Å². The molecular formula is C10H11NO3S2. The van der Waals surface area contributed by atoms with E-state index in [-0.39, 0.29) is 11.2 Å². The number of sulfone groups is 1. The molecule has 0 amide bonds. The Balaban J connectivity index is 2.72. The van der Waals surface area contributed by atoms with Crippen LogP contribution in [-0.4, -0.2) is 19.2 Å². The van der Waals surface area contributed by atoms with Crippen molar-refractivity contribution in [1.82, 2.24) is 4.57 Å². The van der Waals surface area contributed by atoms with Gasteiger partial charge in [-0.05, 0) is 11.4 Å². The Hall–Kier alpha value is -1.14. The van der Waals surface area contributed by atoms with Crippen molar-refractivity contribution in [3.63, 3.8) is 0 Å². The number of hydrogen-bond acceptors (Lipinski definition) is 4. The highest BCUT2D eigenvalue weighted by molar-refractivity contribution is 7.89. The lowest BCUT2D eigenvalue weighted by molar-refractivity contribution is 0.601. The van der Waals surface area contributed by atoms with Gasteiger partial charge >= 0.3 is 0 Å². The molecule has 0 fully saturated rings. The summed E-state index contributed by atoms with van der Waals surface area (Å²) in [5.74, 6) is -0.201. The molecule has 4 nitrogen and oxygen atoms in total. The molecule has 0 radical (unpaired) electrons. The highest BCUT2D eigenvalue weighted by Gasteiger charge is 2.12. The average Bonchev–Trinajstić information content (AvgIpc) is 2.60. The molecule has 0 spiro atoms. The van der Waals surface area contributed by atoms with E-state index in [4.69, 9.17) is 0 Å². The van der Waals surface area contributed by atoms with E-state index in [9.17, 15) is 13.2 Å². The fourth-order valence-electron chi connectivity index (χ4n) is 1.64. The molecule has 0 bridgehead atoms. The molecule has 0 saturated heterocycles. The van der Waals surface area contributed by atoms with E-state index in [1.54, 1.807) is 17.8 Å². The third-order valence-electron chi connectivity index (χ3n) is 2.29. The molecule has 0 saturated carbocycles. The smallest absolute Gasteiger partial charge is 0.203 e. The summed E-state index contributed by atoms with van der Waals surface area (Å²) in [5.41, 5.74) is 1.00. The third kappa shape index (κ3) is 2.03.